The van der Waals surface area contributed by atoms with E-state index in [2.05, 4.69) is 83.1 Å². The van der Waals surface area contributed by atoms with E-state index in [4.69, 9.17) is 9.73 Å². The van der Waals surface area contributed by atoms with Gasteiger partial charge in [0.05, 0.1) is 16.9 Å². The number of rotatable bonds is 2. The first kappa shape index (κ1) is 17.1. The lowest BCUT2D eigenvalue weighted by Crippen LogP contribution is -2.31. The van der Waals surface area contributed by atoms with Crippen LogP contribution in [0.3, 0.4) is 0 Å². The highest BCUT2D eigenvalue weighted by molar-refractivity contribution is 6.16. The van der Waals surface area contributed by atoms with Crippen molar-refractivity contribution in [3.05, 3.63) is 58.7 Å². The SMILES string of the molecule is CN(C)c1cc2c(c3c1OC(C)(C)C3)C(c1ccccc1)=NC(C)(C)C2. The van der Waals surface area contributed by atoms with Crippen LogP contribution < -0.4 is 9.64 Å². The molecule has 0 saturated heterocycles. The van der Waals surface area contributed by atoms with Crippen molar-refractivity contribution in [2.75, 3.05) is 19.0 Å². The molecule has 3 nitrogen and oxygen atoms in total. The summed E-state index contributed by atoms with van der Waals surface area (Å²) in [6.07, 6.45) is 1.87. The molecule has 0 spiro atoms. The Balaban J connectivity index is 2.01. The van der Waals surface area contributed by atoms with Crippen LogP contribution >= 0.6 is 0 Å². The minimum absolute atomic E-state index is 0.106. The van der Waals surface area contributed by atoms with Gasteiger partial charge < -0.3 is 9.64 Å². The zero-order valence-corrected chi connectivity index (χ0v) is 16.7. The second kappa shape index (κ2) is 5.60. The molecule has 0 unspecified atom stereocenters. The van der Waals surface area contributed by atoms with Crippen LogP contribution in [0, 0.1) is 0 Å². The van der Waals surface area contributed by atoms with E-state index < -0.39 is 0 Å². The van der Waals surface area contributed by atoms with Gasteiger partial charge in [0.15, 0.2) is 0 Å². The fourth-order valence-corrected chi connectivity index (χ4v) is 4.22. The maximum atomic E-state index is 6.39. The van der Waals surface area contributed by atoms with Crippen molar-refractivity contribution in [2.24, 2.45) is 4.99 Å². The van der Waals surface area contributed by atoms with Gasteiger partial charge in [-0.05, 0) is 45.7 Å². The standard InChI is InChI=1S/C23H28N2O/c1-22(2)13-16-12-18(25(5)6)21-17(14-23(3,4)26-21)19(16)20(24-22)15-10-8-7-9-11-15/h7-12H,13-14H2,1-6H3. The van der Waals surface area contributed by atoms with Crippen molar-refractivity contribution in [2.45, 2.75) is 51.7 Å². The normalized spacial score (nSPS) is 19.2. The van der Waals surface area contributed by atoms with Crippen LogP contribution in [0.25, 0.3) is 0 Å². The number of anilines is 1. The van der Waals surface area contributed by atoms with Gasteiger partial charge in [-0.2, -0.15) is 0 Å². The summed E-state index contributed by atoms with van der Waals surface area (Å²) < 4.78 is 6.39. The lowest BCUT2D eigenvalue weighted by Gasteiger charge is -2.32. The molecule has 0 bridgehead atoms. The molecule has 2 heterocycles. The molecule has 0 fully saturated rings. The number of ether oxygens (including phenoxy) is 1. The summed E-state index contributed by atoms with van der Waals surface area (Å²) in [5, 5.41) is 0. The Kier molecular flexibility index (Phi) is 3.69. The van der Waals surface area contributed by atoms with Crippen molar-refractivity contribution >= 4 is 11.4 Å². The molecule has 0 N–H and O–H groups in total. The summed E-state index contributed by atoms with van der Waals surface area (Å²) in [5.41, 5.74) is 7.17. The smallest absolute Gasteiger partial charge is 0.147 e. The van der Waals surface area contributed by atoms with E-state index in [9.17, 15) is 0 Å². The number of aliphatic imine (C=N–C) groups is 1. The number of hydrogen-bond acceptors (Lipinski definition) is 3. The van der Waals surface area contributed by atoms with Gasteiger partial charge in [0.2, 0.25) is 0 Å². The third kappa shape index (κ3) is 2.80. The molecular weight excluding hydrogens is 320 g/mol. The number of hydrogen-bond donors (Lipinski definition) is 0. The quantitative estimate of drug-likeness (QED) is 0.790. The predicted octanol–water partition coefficient (Wildman–Crippen LogP) is 4.64. The summed E-state index contributed by atoms with van der Waals surface area (Å²) >= 11 is 0. The second-order valence-electron chi connectivity index (χ2n) is 8.99. The molecule has 136 valence electrons. The maximum Gasteiger partial charge on any atom is 0.147 e. The third-order valence-electron chi connectivity index (χ3n) is 5.22. The summed E-state index contributed by atoms with van der Waals surface area (Å²) in [6, 6.07) is 12.9. The summed E-state index contributed by atoms with van der Waals surface area (Å²) in [4.78, 5) is 7.34. The molecule has 0 atom stereocenters. The monoisotopic (exact) mass is 348 g/mol. The Morgan fingerprint density at radius 1 is 1.00 bits per heavy atom. The van der Waals surface area contributed by atoms with Crippen LogP contribution in [0.1, 0.15) is 49.9 Å². The molecule has 0 saturated carbocycles. The molecule has 2 aromatic carbocycles. The maximum absolute atomic E-state index is 6.39. The fourth-order valence-electron chi connectivity index (χ4n) is 4.22. The Morgan fingerprint density at radius 2 is 1.69 bits per heavy atom. The van der Waals surface area contributed by atoms with Crippen LogP contribution in [-0.2, 0) is 12.8 Å². The molecule has 4 rings (SSSR count). The Morgan fingerprint density at radius 3 is 2.35 bits per heavy atom. The molecule has 2 aliphatic rings. The van der Waals surface area contributed by atoms with Gasteiger partial charge in [-0.15, -0.1) is 0 Å². The molecule has 26 heavy (non-hydrogen) atoms. The van der Waals surface area contributed by atoms with E-state index in [1.165, 1.54) is 27.9 Å². The average Bonchev–Trinajstić information content (AvgIpc) is 2.87. The first-order valence-corrected chi connectivity index (χ1v) is 9.38. The van der Waals surface area contributed by atoms with Crippen molar-refractivity contribution in [1.82, 2.24) is 0 Å². The van der Waals surface area contributed by atoms with E-state index in [1.54, 1.807) is 0 Å². The first-order chi connectivity index (χ1) is 12.2. The van der Waals surface area contributed by atoms with Crippen molar-refractivity contribution < 1.29 is 4.74 Å². The van der Waals surface area contributed by atoms with E-state index in [0.717, 1.165) is 24.3 Å². The van der Waals surface area contributed by atoms with Crippen molar-refractivity contribution in [3.63, 3.8) is 0 Å². The fraction of sp³-hybridized carbons (Fsp3) is 0.435. The largest absolute Gasteiger partial charge is 0.485 e. The zero-order valence-electron chi connectivity index (χ0n) is 16.7. The van der Waals surface area contributed by atoms with Gasteiger partial charge >= 0.3 is 0 Å². The summed E-state index contributed by atoms with van der Waals surface area (Å²) in [6.45, 7) is 8.79. The van der Waals surface area contributed by atoms with Gasteiger partial charge in [0.25, 0.3) is 0 Å². The van der Waals surface area contributed by atoms with E-state index in [0.29, 0.717) is 0 Å². The van der Waals surface area contributed by atoms with Crippen LogP contribution in [0.4, 0.5) is 5.69 Å². The van der Waals surface area contributed by atoms with Gasteiger partial charge in [-0.1, -0.05) is 30.3 Å². The molecule has 0 aromatic heterocycles. The highest BCUT2D eigenvalue weighted by Gasteiger charge is 2.39. The number of nitrogens with zero attached hydrogens (tertiary/aromatic N) is 2. The Hall–Kier alpha value is -2.29. The van der Waals surface area contributed by atoms with Crippen LogP contribution in [0.2, 0.25) is 0 Å². The molecule has 2 aromatic rings. The average molecular weight is 348 g/mol. The number of benzene rings is 2. The second-order valence-corrected chi connectivity index (χ2v) is 8.99. The van der Waals surface area contributed by atoms with Gasteiger partial charge in [-0.25, -0.2) is 0 Å². The van der Waals surface area contributed by atoms with Crippen LogP contribution in [0.15, 0.2) is 41.4 Å². The Bertz CT molecular complexity index is 892. The van der Waals surface area contributed by atoms with E-state index >= 15 is 0 Å². The zero-order chi connectivity index (χ0) is 18.7. The Labute approximate surface area is 156 Å². The predicted molar refractivity (Wildman–Crippen MR) is 109 cm³/mol. The highest BCUT2D eigenvalue weighted by Crippen LogP contribution is 2.47. The van der Waals surface area contributed by atoms with E-state index in [-0.39, 0.29) is 11.1 Å². The third-order valence-corrected chi connectivity index (χ3v) is 5.22. The van der Waals surface area contributed by atoms with E-state index in [1.807, 2.05) is 0 Å². The summed E-state index contributed by atoms with van der Waals surface area (Å²) in [7, 11) is 4.19. The molecule has 0 amide bonds. The molecular formula is C23H28N2O. The molecule has 3 heteroatoms. The lowest BCUT2D eigenvalue weighted by atomic mass is 9.80. The minimum Gasteiger partial charge on any atom is -0.485 e. The van der Waals surface area contributed by atoms with Gasteiger partial charge in [0.1, 0.15) is 11.4 Å². The molecule has 2 aliphatic heterocycles. The topological polar surface area (TPSA) is 24.8 Å². The summed E-state index contributed by atoms with van der Waals surface area (Å²) in [5.74, 6) is 1.03. The minimum atomic E-state index is -0.184. The van der Waals surface area contributed by atoms with Gasteiger partial charge in [0, 0.05) is 37.2 Å². The molecule has 0 radical (unpaired) electrons. The van der Waals surface area contributed by atoms with Gasteiger partial charge in [-0.3, -0.25) is 4.99 Å². The molecule has 0 aliphatic carbocycles. The van der Waals surface area contributed by atoms with Crippen LogP contribution in [-0.4, -0.2) is 30.9 Å². The lowest BCUT2D eigenvalue weighted by molar-refractivity contribution is 0.139. The van der Waals surface area contributed by atoms with Crippen molar-refractivity contribution in [1.29, 1.82) is 0 Å². The highest BCUT2D eigenvalue weighted by atomic mass is 16.5. The first-order valence-electron chi connectivity index (χ1n) is 9.38. The van der Waals surface area contributed by atoms with Crippen molar-refractivity contribution in [3.8, 4) is 5.75 Å². The number of fused-ring (bicyclic) bond motifs is 3. The van der Waals surface area contributed by atoms with Crippen LogP contribution in [0.5, 0.6) is 5.75 Å².